The molecule has 1 saturated carbocycles. The molecule has 4 rings (SSSR count). The largest absolute Gasteiger partial charge is 0.494 e. The Morgan fingerprint density at radius 1 is 1.26 bits per heavy atom. The SMILES string of the molecule is CCCCOc1cccc(-c2nc([C@H]3CC[C@H](C(=O)OC)CC3)n3ccnc(Cl)c23)c1. The Labute approximate surface area is 187 Å². The Balaban J connectivity index is 1.67. The number of ether oxygens (including phenoxy) is 2. The number of imidazole rings is 1. The number of fused-ring (bicyclic) bond motifs is 1. The molecule has 0 radical (unpaired) electrons. The van der Waals surface area contributed by atoms with Crippen LogP contribution in [-0.4, -0.2) is 34.1 Å². The topological polar surface area (TPSA) is 65.7 Å². The van der Waals surface area contributed by atoms with E-state index in [-0.39, 0.29) is 17.8 Å². The second kappa shape index (κ2) is 9.69. The standard InChI is InChI=1S/C24H28ClN3O3/c1-3-4-14-31-19-7-5-6-18(15-19)20-21-22(25)26-12-13-28(21)23(27-20)16-8-10-17(11-9-16)24(29)30-2/h5-7,12-13,15-17H,3-4,8-11,14H2,1-2H3/t16-,17-. The summed E-state index contributed by atoms with van der Waals surface area (Å²) >= 11 is 6.53. The lowest BCUT2D eigenvalue weighted by Gasteiger charge is -2.26. The number of aromatic nitrogens is 3. The number of hydrogen-bond acceptors (Lipinski definition) is 5. The number of hydrogen-bond donors (Lipinski definition) is 0. The zero-order valence-corrected chi connectivity index (χ0v) is 18.8. The number of halogens is 1. The van der Waals surface area contributed by atoms with Crippen LogP contribution in [-0.2, 0) is 9.53 Å². The number of carbonyl (C=O) groups is 1. The van der Waals surface area contributed by atoms with Crippen molar-refractivity contribution in [1.82, 2.24) is 14.4 Å². The summed E-state index contributed by atoms with van der Waals surface area (Å²) in [6, 6.07) is 7.98. The van der Waals surface area contributed by atoms with Gasteiger partial charge in [0.05, 0.1) is 25.3 Å². The number of methoxy groups -OCH3 is 1. The molecule has 1 aliphatic carbocycles. The molecule has 7 heteroatoms. The van der Waals surface area contributed by atoms with Crippen LogP contribution >= 0.6 is 11.6 Å². The van der Waals surface area contributed by atoms with Crippen molar-refractivity contribution < 1.29 is 14.3 Å². The third-order valence-electron chi connectivity index (χ3n) is 6.04. The molecule has 0 N–H and O–H groups in total. The van der Waals surface area contributed by atoms with Crippen molar-refractivity contribution in [2.75, 3.05) is 13.7 Å². The summed E-state index contributed by atoms with van der Waals surface area (Å²) in [5.41, 5.74) is 2.57. The van der Waals surface area contributed by atoms with Crippen molar-refractivity contribution in [3.8, 4) is 17.0 Å². The quantitative estimate of drug-likeness (QED) is 0.349. The number of esters is 1. The molecule has 0 amide bonds. The molecule has 2 heterocycles. The van der Waals surface area contributed by atoms with E-state index in [2.05, 4.69) is 16.3 Å². The van der Waals surface area contributed by atoms with E-state index in [1.165, 1.54) is 7.11 Å². The van der Waals surface area contributed by atoms with E-state index >= 15 is 0 Å². The highest BCUT2D eigenvalue weighted by Gasteiger charge is 2.31. The second-order valence-electron chi connectivity index (χ2n) is 8.06. The van der Waals surface area contributed by atoms with E-state index in [1.54, 1.807) is 6.20 Å². The normalized spacial score (nSPS) is 18.8. The van der Waals surface area contributed by atoms with Gasteiger partial charge in [-0.1, -0.05) is 37.1 Å². The Morgan fingerprint density at radius 2 is 2.06 bits per heavy atom. The summed E-state index contributed by atoms with van der Waals surface area (Å²) < 4.78 is 12.9. The number of unbranched alkanes of at least 4 members (excludes halogenated alkanes) is 1. The van der Waals surface area contributed by atoms with Crippen molar-refractivity contribution in [3.63, 3.8) is 0 Å². The predicted octanol–water partition coefficient (Wildman–Crippen LogP) is 5.68. The molecule has 0 spiro atoms. The molecule has 0 atom stereocenters. The van der Waals surface area contributed by atoms with Crippen LogP contribution in [0.15, 0.2) is 36.7 Å². The van der Waals surface area contributed by atoms with Crippen molar-refractivity contribution in [2.45, 2.75) is 51.4 Å². The zero-order chi connectivity index (χ0) is 21.8. The first-order chi connectivity index (χ1) is 15.1. The van der Waals surface area contributed by atoms with Gasteiger partial charge in [0.1, 0.15) is 17.1 Å². The summed E-state index contributed by atoms with van der Waals surface area (Å²) in [6.07, 6.45) is 9.12. The maximum atomic E-state index is 11.9. The molecule has 0 unspecified atom stereocenters. The first-order valence-electron chi connectivity index (χ1n) is 11.0. The van der Waals surface area contributed by atoms with E-state index in [4.69, 9.17) is 26.1 Å². The Bertz CT molecular complexity index is 1060. The van der Waals surface area contributed by atoms with Gasteiger partial charge >= 0.3 is 5.97 Å². The maximum Gasteiger partial charge on any atom is 0.308 e. The summed E-state index contributed by atoms with van der Waals surface area (Å²) in [4.78, 5) is 21.2. The molecule has 0 saturated heterocycles. The minimum Gasteiger partial charge on any atom is -0.494 e. The predicted molar refractivity (Wildman–Crippen MR) is 121 cm³/mol. The summed E-state index contributed by atoms with van der Waals surface area (Å²) in [7, 11) is 1.46. The monoisotopic (exact) mass is 441 g/mol. The van der Waals surface area contributed by atoms with Gasteiger partial charge in [-0.05, 0) is 44.2 Å². The molecule has 1 aromatic carbocycles. The van der Waals surface area contributed by atoms with Crippen LogP contribution < -0.4 is 4.74 Å². The fourth-order valence-electron chi connectivity index (χ4n) is 4.34. The van der Waals surface area contributed by atoms with Gasteiger partial charge < -0.3 is 9.47 Å². The Morgan fingerprint density at radius 3 is 2.81 bits per heavy atom. The van der Waals surface area contributed by atoms with Crippen LogP contribution in [0.2, 0.25) is 5.15 Å². The lowest BCUT2D eigenvalue weighted by atomic mass is 9.81. The number of benzene rings is 1. The average Bonchev–Trinajstić information content (AvgIpc) is 3.20. The molecule has 164 valence electrons. The van der Waals surface area contributed by atoms with Gasteiger partial charge in [-0.25, -0.2) is 9.97 Å². The van der Waals surface area contributed by atoms with Gasteiger partial charge in [-0.15, -0.1) is 0 Å². The molecule has 0 bridgehead atoms. The van der Waals surface area contributed by atoms with E-state index in [0.717, 1.165) is 66.9 Å². The average molecular weight is 442 g/mol. The summed E-state index contributed by atoms with van der Waals surface area (Å²) in [5.74, 6) is 1.92. The van der Waals surface area contributed by atoms with Crippen LogP contribution in [0.4, 0.5) is 0 Å². The minimum absolute atomic E-state index is 0.0193. The van der Waals surface area contributed by atoms with Crippen LogP contribution in [0.3, 0.4) is 0 Å². The van der Waals surface area contributed by atoms with Crippen molar-refractivity contribution in [3.05, 3.63) is 47.6 Å². The summed E-state index contributed by atoms with van der Waals surface area (Å²) in [5, 5.41) is 0.428. The first kappa shape index (κ1) is 21.6. The molecule has 2 aromatic heterocycles. The maximum absolute atomic E-state index is 11.9. The molecular formula is C24H28ClN3O3. The van der Waals surface area contributed by atoms with E-state index in [9.17, 15) is 4.79 Å². The van der Waals surface area contributed by atoms with E-state index < -0.39 is 0 Å². The highest BCUT2D eigenvalue weighted by atomic mass is 35.5. The molecule has 6 nitrogen and oxygen atoms in total. The minimum atomic E-state index is -0.112. The van der Waals surface area contributed by atoms with Crippen LogP contribution in [0, 0.1) is 5.92 Å². The molecular weight excluding hydrogens is 414 g/mol. The third kappa shape index (κ3) is 4.54. The third-order valence-corrected chi connectivity index (χ3v) is 6.31. The van der Waals surface area contributed by atoms with Gasteiger partial charge in [0.2, 0.25) is 0 Å². The van der Waals surface area contributed by atoms with Crippen molar-refractivity contribution in [1.29, 1.82) is 0 Å². The van der Waals surface area contributed by atoms with E-state index in [0.29, 0.717) is 11.8 Å². The first-order valence-corrected chi connectivity index (χ1v) is 11.3. The van der Waals surface area contributed by atoms with Crippen LogP contribution in [0.1, 0.15) is 57.2 Å². The molecule has 31 heavy (non-hydrogen) atoms. The number of nitrogens with zero attached hydrogens (tertiary/aromatic N) is 3. The van der Waals surface area contributed by atoms with Gasteiger partial charge in [-0.2, -0.15) is 0 Å². The van der Waals surface area contributed by atoms with Crippen LogP contribution in [0.25, 0.3) is 16.8 Å². The fourth-order valence-corrected chi connectivity index (χ4v) is 4.57. The van der Waals surface area contributed by atoms with Crippen LogP contribution in [0.5, 0.6) is 5.75 Å². The highest BCUT2D eigenvalue weighted by Crippen LogP contribution is 2.39. The molecule has 1 fully saturated rings. The summed E-state index contributed by atoms with van der Waals surface area (Å²) in [6.45, 7) is 2.84. The molecule has 0 aliphatic heterocycles. The lowest BCUT2D eigenvalue weighted by molar-refractivity contribution is -0.146. The molecule has 3 aromatic rings. The zero-order valence-electron chi connectivity index (χ0n) is 18.0. The number of carbonyl (C=O) groups excluding carboxylic acids is 1. The van der Waals surface area contributed by atoms with Gasteiger partial charge in [0.25, 0.3) is 0 Å². The lowest BCUT2D eigenvalue weighted by Crippen LogP contribution is -2.23. The Hall–Kier alpha value is -2.60. The van der Waals surface area contributed by atoms with Crippen molar-refractivity contribution >= 4 is 23.1 Å². The number of rotatable bonds is 7. The second-order valence-corrected chi connectivity index (χ2v) is 8.41. The Kier molecular flexibility index (Phi) is 6.76. The smallest absolute Gasteiger partial charge is 0.308 e. The highest BCUT2D eigenvalue weighted by molar-refractivity contribution is 6.33. The van der Waals surface area contributed by atoms with Gasteiger partial charge in [0.15, 0.2) is 5.15 Å². The van der Waals surface area contributed by atoms with Crippen molar-refractivity contribution in [2.24, 2.45) is 5.92 Å². The van der Waals surface area contributed by atoms with Gasteiger partial charge in [0, 0.05) is 23.9 Å². The van der Waals surface area contributed by atoms with E-state index in [1.807, 2.05) is 30.5 Å². The molecule has 1 aliphatic rings. The fraction of sp³-hybridized carbons (Fsp3) is 0.458. The van der Waals surface area contributed by atoms with Gasteiger partial charge in [-0.3, -0.25) is 9.20 Å².